The molecule has 3 aromatic heterocycles. The van der Waals surface area contributed by atoms with Crippen LogP contribution in [0.5, 0.6) is 0 Å². The van der Waals surface area contributed by atoms with E-state index in [-0.39, 0.29) is 24.8 Å². The van der Waals surface area contributed by atoms with E-state index >= 15 is 0 Å². The lowest BCUT2D eigenvalue weighted by Gasteiger charge is -2.10. The Balaban J connectivity index is 1.93. The topological polar surface area (TPSA) is 110 Å². The van der Waals surface area contributed by atoms with Crippen LogP contribution in [0.1, 0.15) is 104 Å². The summed E-state index contributed by atoms with van der Waals surface area (Å²) in [6.07, 6.45) is 3.26. The molecule has 0 aliphatic carbocycles. The van der Waals surface area contributed by atoms with Crippen LogP contribution in [0.3, 0.4) is 0 Å². The smallest absolute Gasteiger partial charge is 0.305 e. The summed E-state index contributed by atoms with van der Waals surface area (Å²) in [6.45, 7) is 14.9. The Morgan fingerprint density at radius 3 is 1.44 bits per heavy atom. The molecule has 8 bridgehead atoms. The number of hydrogen-bond donors (Lipinski definition) is 2. The molecule has 0 unspecified atom stereocenters. The highest BCUT2D eigenvalue weighted by Gasteiger charge is 2.26. The number of nitrogens with one attached hydrogen (secondary N) is 2. The molecule has 8 nitrogen and oxygen atoms in total. The van der Waals surface area contributed by atoms with Crippen LogP contribution in [0, 0.1) is 20.8 Å². The number of aromatic nitrogens is 4. The van der Waals surface area contributed by atoms with Crippen molar-refractivity contribution in [2.75, 3.05) is 14.2 Å². The first-order valence-corrected chi connectivity index (χ1v) is 15.8. The monoisotopic (exact) mass is 608 g/mol. The SMILES string of the molecule is CCc1c(C)c2cc3[nH]c(cc4nc(c(C)c5nc(cc1[nH]2)C(C)=C5CCC(=O)OC)C(CCC(=O)OC)=C4C)c(C)c3CC. The number of ether oxygens (including phenoxy) is 2. The molecule has 236 valence electrons. The minimum Gasteiger partial charge on any atom is -0.469 e. The van der Waals surface area contributed by atoms with Crippen molar-refractivity contribution in [2.24, 2.45) is 0 Å². The fourth-order valence-electron chi connectivity index (χ4n) is 6.71. The van der Waals surface area contributed by atoms with Crippen LogP contribution in [-0.2, 0) is 31.9 Å². The summed E-state index contributed by atoms with van der Waals surface area (Å²) in [5, 5.41) is 0. The average Bonchev–Trinajstić information content (AvgIpc) is 3.71. The molecular weight excluding hydrogens is 564 g/mol. The molecule has 0 fully saturated rings. The second kappa shape index (κ2) is 12.9. The van der Waals surface area contributed by atoms with Crippen molar-refractivity contribution < 1.29 is 19.1 Å². The summed E-state index contributed by atoms with van der Waals surface area (Å²) in [5.41, 5.74) is 17.5. The molecule has 45 heavy (non-hydrogen) atoms. The average molecular weight is 609 g/mol. The predicted molar refractivity (Wildman–Crippen MR) is 181 cm³/mol. The normalized spacial score (nSPS) is 13.1. The van der Waals surface area contributed by atoms with E-state index in [9.17, 15) is 9.59 Å². The molecule has 2 aliphatic heterocycles. The van der Waals surface area contributed by atoms with Gasteiger partial charge in [-0.05, 0) is 123 Å². The third-order valence-electron chi connectivity index (χ3n) is 9.49. The number of rotatable bonds is 8. The molecule has 2 N–H and O–H groups in total. The molecule has 3 aromatic rings. The minimum atomic E-state index is -0.263. The van der Waals surface area contributed by atoms with Crippen LogP contribution in [0.4, 0.5) is 0 Å². The molecule has 0 aromatic carbocycles. The lowest BCUT2D eigenvalue weighted by Crippen LogP contribution is -2.02. The first-order chi connectivity index (χ1) is 21.5. The highest BCUT2D eigenvalue weighted by Crippen LogP contribution is 2.40. The number of esters is 2. The first-order valence-electron chi connectivity index (χ1n) is 15.8. The molecule has 0 radical (unpaired) electrons. The molecule has 8 heteroatoms. The largest absolute Gasteiger partial charge is 0.469 e. The second-order valence-electron chi connectivity index (χ2n) is 11.9. The van der Waals surface area contributed by atoms with Gasteiger partial charge in [0.05, 0.1) is 37.0 Å². The van der Waals surface area contributed by atoms with E-state index in [4.69, 9.17) is 19.4 Å². The van der Waals surface area contributed by atoms with E-state index in [0.717, 1.165) is 85.5 Å². The van der Waals surface area contributed by atoms with Crippen molar-refractivity contribution in [3.8, 4) is 0 Å². The van der Waals surface area contributed by atoms with Gasteiger partial charge in [-0.3, -0.25) is 9.59 Å². The Bertz CT molecular complexity index is 1940. The van der Waals surface area contributed by atoms with Crippen LogP contribution in [0.25, 0.3) is 44.4 Å². The van der Waals surface area contributed by atoms with Crippen LogP contribution in [0.2, 0.25) is 0 Å². The van der Waals surface area contributed by atoms with Crippen molar-refractivity contribution in [1.82, 2.24) is 19.9 Å². The number of carbonyl (C=O) groups is 2. The number of aromatic amines is 2. The maximum atomic E-state index is 12.3. The number of fused-ring (bicyclic) bond motifs is 8. The maximum Gasteiger partial charge on any atom is 0.305 e. The van der Waals surface area contributed by atoms with E-state index < -0.39 is 0 Å². The fraction of sp³-hybridized carbons (Fsp3) is 0.405. The Labute approximate surface area is 265 Å². The summed E-state index contributed by atoms with van der Waals surface area (Å²) >= 11 is 0. The fourth-order valence-corrected chi connectivity index (χ4v) is 6.71. The first kappa shape index (κ1) is 31.9. The van der Waals surface area contributed by atoms with Gasteiger partial charge in [0.1, 0.15) is 0 Å². The van der Waals surface area contributed by atoms with Crippen LogP contribution < -0.4 is 0 Å². The Hall–Kier alpha value is -4.46. The molecule has 0 atom stereocenters. The predicted octanol–water partition coefficient (Wildman–Crippen LogP) is 8.13. The third-order valence-corrected chi connectivity index (χ3v) is 9.49. The van der Waals surface area contributed by atoms with Gasteiger partial charge in [0.2, 0.25) is 0 Å². The van der Waals surface area contributed by atoms with Crippen LogP contribution >= 0.6 is 0 Å². The van der Waals surface area contributed by atoms with Gasteiger partial charge >= 0.3 is 11.9 Å². The van der Waals surface area contributed by atoms with Crippen molar-refractivity contribution in [2.45, 2.75) is 87.0 Å². The molecule has 0 spiro atoms. The van der Waals surface area contributed by atoms with Gasteiger partial charge in [-0.15, -0.1) is 0 Å². The number of allylic oxidation sites excluding steroid dienone is 4. The third kappa shape index (κ3) is 5.86. The maximum absolute atomic E-state index is 12.3. The van der Waals surface area contributed by atoms with Crippen molar-refractivity contribution >= 4 is 56.3 Å². The molecule has 5 heterocycles. The van der Waals surface area contributed by atoms with E-state index in [0.29, 0.717) is 12.8 Å². The summed E-state index contributed by atoms with van der Waals surface area (Å²) in [5.74, 6) is -0.525. The molecule has 0 saturated heterocycles. The Morgan fingerprint density at radius 2 is 1.02 bits per heavy atom. The summed E-state index contributed by atoms with van der Waals surface area (Å²) < 4.78 is 9.97. The molecule has 0 saturated carbocycles. The van der Waals surface area contributed by atoms with Gasteiger partial charge in [0, 0.05) is 40.5 Å². The Morgan fingerprint density at radius 1 is 0.622 bits per heavy atom. The number of nitrogens with zero attached hydrogens (tertiary/aromatic N) is 2. The van der Waals surface area contributed by atoms with E-state index in [1.807, 2.05) is 6.92 Å². The van der Waals surface area contributed by atoms with Crippen molar-refractivity contribution in [1.29, 1.82) is 0 Å². The molecule has 2 aliphatic rings. The van der Waals surface area contributed by atoms with Gasteiger partial charge < -0.3 is 19.4 Å². The molecule has 5 rings (SSSR count). The number of aryl methyl sites for hydroxylation is 4. The van der Waals surface area contributed by atoms with Gasteiger partial charge in [-0.25, -0.2) is 9.97 Å². The molecule has 0 amide bonds. The van der Waals surface area contributed by atoms with Gasteiger partial charge in [0.25, 0.3) is 0 Å². The summed E-state index contributed by atoms with van der Waals surface area (Å²) in [6, 6.07) is 6.47. The zero-order valence-corrected chi connectivity index (χ0v) is 28.0. The summed E-state index contributed by atoms with van der Waals surface area (Å²) in [7, 11) is 2.83. The number of hydrogen-bond acceptors (Lipinski definition) is 6. The minimum absolute atomic E-state index is 0.249. The second-order valence-corrected chi connectivity index (χ2v) is 11.9. The van der Waals surface area contributed by atoms with Crippen molar-refractivity contribution in [3.63, 3.8) is 0 Å². The number of H-pyrrole nitrogens is 2. The lowest BCUT2D eigenvalue weighted by atomic mass is 9.94. The lowest BCUT2D eigenvalue weighted by molar-refractivity contribution is -0.141. The zero-order chi connectivity index (χ0) is 32.6. The van der Waals surface area contributed by atoms with E-state index in [1.54, 1.807) is 0 Å². The highest BCUT2D eigenvalue weighted by atomic mass is 16.5. The Kier molecular flexibility index (Phi) is 9.14. The zero-order valence-electron chi connectivity index (χ0n) is 28.0. The summed E-state index contributed by atoms with van der Waals surface area (Å²) in [4.78, 5) is 42.3. The van der Waals surface area contributed by atoms with Crippen LogP contribution in [0.15, 0.2) is 18.2 Å². The van der Waals surface area contributed by atoms with Gasteiger partial charge in [-0.2, -0.15) is 0 Å². The van der Waals surface area contributed by atoms with Crippen molar-refractivity contribution in [3.05, 3.63) is 68.8 Å². The van der Waals surface area contributed by atoms with E-state index in [2.05, 4.69) is 69.7 Å². The molecular formula is C37H44N4O4. The van der Waals surface area contributed by atoms with E-state index in [1.165, 1.54) is 36.5 Å². The van der Waals surface area contributed by atoms with Crippen LogP contribution in [-0.4, -0.2) is 46.1 Å². The van der Waals surface area contributed by atoms with Gasteiger partial charge in [0.15, 0.2) is 0 Å². The number of carbonyl (C=O) groups excluding carboxylic acids is 2. The van der Waals surface area contributed by atoms with Gasteiger partial charge in [-0.1, -0.05) is 13.8 Å². The quantitative estimate of drug-likeness (QED) is 0.250. The standard InChI is InChI=1S/C37H44N4O4/c1-10-24-19(3)28-16-30-21(5)26(12-14-34(42)44-8)36(40-30)23(7)37-27(13-15-35(43)45-9)22(6)31(41-37)18-33-25(11-2)20(4)29(39-33)17-32(24)38-28/h16-18,38-39H,10-15H2,1-9H3. The highest BCUT2D eigenvalue weighted by molar-refractivity contribution is 5.98. The number of methoxy groups -OCH3 is 2.